The number of fused-ring (bicyclic) bond motifs is 1. The predicted octanol–water partition coefficient (Wildman–Crippen LogP) is 6.50. The van der Waals surface area contributed by atoms with Gasteiger partial charge in [-0.1, -0.05) is 48.0 Å². The fraction of sp³-hybridized carbons (Fsp3) is 0.0667. The van der Waals surface area contributed by atoms with Crippen LogP contribution in [0.5, 0.6) is 17.2 Å². The molecule has 0 amide bonds. The maximum absolute atomic E-state index is 13.2. The Hall–Kier alpha value is -4.80. The summed E-state index contributed by atoms with van der Waals surface area (Å²) in [6.07, 6.45) is 0. The van der Waals surface area contributed by atoms with Crippen LogP contribution in [0.4, 0.5) is 4.39 Å². The number of nitrogens with zero attached hydrogens (tertiary/aromatic N) is 1. The van der Waals surface area contributed by atoms with Gasteiger partial charge in [0.15, 0.2) is 0 Å². The Kier molecular flexibility index (Phi) is 6.98. The minimum Gasteiger partial charge on any atom is -0.489 e. The number of hydrogen-bond donors (Lipinski definition) is 1. The van der Waals surface area contributed by atoms with Crippen molar-refractivity contribution in [1.82, 2.24) is 0 Å². The molecule has 6 nitrogen and oxygen atoms in total. The van der Waals surface area contributed by atoms with Crippen LogP contribution in [0.25, 0.3) is 0 Å². The largest absolute Gasteiger partial charge is 0.489 e. The molecule has 38 heavy (non-hydrogen) atoms. The Morgan fingerprint density at radius 1 is 1.00 bits per heavy atom. The Bertz CT molecular complexity index is 1580. The minimum absolute atomic E-state index is 0.0361. The lowest BCUT2D eigenvalue weighted by Crippen LogP contribution is -2.21. The van der Waals surface area contributed by atoms with Gasteiger partial charge in [0.2, 0.25) is 5.88 Å². The molecule has 0 spiro atoms. The molecule has 188 valence electrons. The molecule has 2 N–H and O–H groups in total. The van der Waals surface area contributed by atoms with Crippen molar-refractivity contribution < 1.29 is 23.4 Å². The van der Waals surface area contributed by atoms with E-state index in [2.05, 4.69) is 6.07 Å². The minimum atomic E-state index is -0.647. The first-order chi connectivity index (χ1) is 18.4. The van der Waals surface area contributed by atoms with E-state index in [0.29, 0.717) is 28.7 Å². The third kappa shape index (κ3) is 5.17. The van der Waals surface area contributed by atoms with Crippen LogP contribution in [-0.4, -0.2) is 5.97 Å². The van der Waals surface area contributed by atoms with Gasteiger partial charge in [-0.05, 0) is 54.1 Å². The number of esters is 1. The standard InChI is InChI=1S/C30H20ClFN2O4/c31-26-4-2-1-3-20(26)17-36-22-11-7-18(8-12-22)28-24-14-13-23(15-27(24)38-29(34)25(28)16-33)37-30(35)19-5-9-21(32)10-6-19/h1-15,28H,17,34H2. The monoisotopic (exact) mass is 526 g/mol. The number of allylic oxidation sites excluding steroid dienone is 1. The van der Waals surface area contributed by atoms with Crippen molar-refractivity contribution in [3.8, 4) is 23.3 Å². The second kappa shape index (κ2) is 10.7. The van der Waals surface area contributed by atoms with E-state index in [0.717, 1.165) is 11.1 Å². The van der Waals surface area contributed by atoms with Gasteiger partial charge in [-0.2, -0.15) is 5.26 Å². The molecule has 4 aromatic carbocycles. The van der Waals surface area contributed by atoms with Gasteiger partial charge in [-0.3, -0.25) is 0 Å². The van der Waals surface area contributed by atoms with Gasteiger partial charge in [0, 0.05) is 22.2 Å². The number of nitriles is 1. The van der Waals surface area contributed by atoms with Crippen molar-refractivity contribution in [2.75, 3.05) is 0 Å². The first-order valence-electron chi connectivity index (χ1n) is 11.6. The molecular formula is C30H20ClFN2O4. The molecule has 0 aliphatic carbocycles. The van der Waals surface area contributed by atoms with Crippen molar-refractivity contribution in [3.63, 3.8) is 0 Å². The van der Waals surface area contributed by atoms with E-state index in [9.17, 15) is 14.4 Å². The zero-order valence-electron chi connectivity index (χ0n) is 19.9. The van der Waals surface area contributed by atoms with E-state index in [1.165, 1.54) is 30.3 Å². The molecule has 1 unspecified atom stereocenters. The van der Waals surface area contributed by atoms with Crippen LogP contribution in [-0.2, 0) is 6.61 Å². The number of carbonyl (C=O) groups is 1. The van der Waals surface area contributed by atoms with Gasteiger partial charge in [-0.25, -0.2) is 9.18 Å². The Morgan fingerprint density at radius 2 is 1.71 bits per heavy atom. The van der Waals surface area contributed by atoms with E-state index in [4.69, 9.17) is 31.5 Å². The molecule has 1 atom stereocenters. The number of hydrogen-bond acceptors (Lipinski definition) is 6. The summed E-state index contributed by atoms with van der Waals surface area (Å²) in [4.78, 5) is 12.5. The SMILES string of the molecule is N#CC1=C(N)Oc2cc(OC(=O)c3ccc(F)cc3)ccc2C1c1ccc(OCc2ccccc2Cl)cc1. The van der Waals surface area contributed by atoms with Gasteiger partial charge in [0.1, 0.15) is 41.3 Å². The number of halogens is 2. The zero-order valence-corrected chi connectivity index (χ0v) is 20.6. The first-order valence-corrected chi connectivity index (χ1v) is 12.0. The van der Waals surface area contributed by atoms with E-state index in [1.54, 1.807) is 18.2 Å². The summed E-state index contributed by atoms with van der Waals surface area (Å²) >= 11 is 6.21. The van der Waals surface area contributed by atoms with Crippen LogP contribution in [0.1, 0.15) is 33.0 Å². The smallest absolute Gasteiger partial charge is 0.343 e. The van der Waals surface area contributed by atoms with Gasteiger partial charge in [-0.15, -0.1) is 0 Å². The molecule has 5 rings (SSSR count). The lowest BCUT2D eigenvalue weighted by molar-refractivity contribution is 0.0734. The molecule has 4 aromatic rings. The molecule has 1 aliphatic heterocycles. The number of carbonyl (C=O) groups excluding carboxylic acids is 1. The van der Waals surface area contributed by atoms with Crippen LogP contribution in [0.3, 0.4) is 0 Å². The van der Waals surface area contributed by atoms with Crippen LogP contribution in [0.2, 0.25) is 5.02 Å². The summed E-state index contributed by atoms with van der Waals surface area (Å²) in [5.74, 6) is -0.423. The Morgan fingerprint density at radius 3 is 2.42 bits per heavy atom. The molecular weight excluding hydrogens is 507 g/mol. The van der Waals surface area contributed by atoms with Gasteiger partial charge in [0.05, 0.1) is 11.5 Å². The highest BCUT2D eigenvalue weighted by atomic mass is 35.5. The molecule has 1 aliphatic rings. The van der Waals surface area contributed by atoms with Crippen molar-refractivity contribution >= 4 is 17.6 Å². The second-order valence-corrected chi connectivity index (χ2v) is 8.88. The fourth-order valence-electron chi connectivity index (χ4n) is 4.13. The molecule has 0 radical (unpaired) electrons. The van der Waals surface area contributed by atoms with Crippen LogP contribution in [0, 0.1) is 17.1 Å². The Labute approximate surface area is 223 Å². The highest BCUT2D eigenvalue weighted by Crippen LogP contribution is 2.43. The van der Waals surface area contributed by atoms with E-state index < -0.39 is 17.7 Å². The number of rotatable bonds is 6. The van der Waals surface area contributed by atoms with Crippen LogP contribution in [0.15, 0.2) is 102 Å². The van der Waals surface area contributed by atoms with Gasteiger partial charge >= 0.3 is 5.97 Å². The lowest BCUT2D eigenvalue weighted by Gasteiger charge is -2.26. The molecule has 0 fully saturated rings. The molecule has 1 heterocycles. The van der Waals surface area contributed by atoms with Crippen molar-refractivity contribution in [3.05, 3.63) is 136 Å². The van der Waals surface area contributed by atoms with Crippen LogP contribution < -0.4 is 19.9 Å². The molecule has 0 aromatic heterocycles. The summed E-state index contributed by atoms with van der Waals surface area (Å²) in [5.41, 5.74) is 8.92. The topological polar surface area (TPSA) is 94.6 Å². The normalized spacial score (nSPS) is 14.2. The number of ether oxygens (including phenoxy) is 3. The van der Waals surface area contributed by atoms with E-state index in [1.807, 2.05) is 42.5 Å². The number of nitrogens with two attached hydrogens (primary N) is 1. The maximum atomic E-state index is 13.2. The third-order valence-corrected chi connectivity index (χ3v) is 6.42. The summed E-state index contributed by atoms with van der Waals surface area (Å²) in [6.45, 7) is 0.314. The molecule has 0 saturated carbocycles. The van der Waals surface area contributed by atoms with Crippen molar-refractivity contribution in [2.45, 2.75) is 12.5 Å². The zero-order chi connectivity index (χ0) is 26.6. The average Bonchev–Trinajstić information content (AvgIpc) is 2.92. The third-order valence-electron chi connectivity index (χ3n) is 6.05. The predicted molar refractivity (Wildman–Crippen MR) is 139 cm³/mol. The fourth-order valence-corrected chi connectivity index (χ4v) is 4.32. The van der Waals surface area contributed by atoms with E-state index >= 15 is 0 Å². The summed E-state index contributed by atoms with van der Waals surface area (Å²) in [5, 5.41) is 10.5. The van der Waals surface area contributed by atoms with Crippen LogP contribution >= 0.6 is 11.6 Å². The van der Waals surface area contributed by atoms with Gasteiger partial charge in [0.25, 0.3) is 0 Å². The molecule has 8 heteroatoms. The maximum Gasteiger partial charge on any atom is 0.343 e. The highest BCUT2D eigenvalue weighted by Gasteiger charge is 2.31. The van der Waals surface area contributed by atoms with Crippen molar-refractivity contribution in [2.24, 2.45) is 5.73 Å². The lowest BCUT2D eigenvalue weighted by atomic mass is 9.83. The summed E-state index contributed by atoms with van der Waals surface area (Å²) < 4.78 is 30.2. The average molecular weight is 527 g/mol. The summed E-state index contributed by atoms with van der Waals surface area (Å²) in [6, 6.07) is 26.8. The number of benzene rings is 4. The second-order valence-electron chi connectivity index (χ2n) is 8.47. The van der Waals surface area contributed by atoms with Crippen molar-refractivity contribution in [1.29, 1.82) is 5.26 Å². The summed E-state index contributed by atoms with van der Waals surface area (Å²) in [7, 11) is 0. The molecule has 0 saturated heterocycles. The molecule has 0 bridgehead atoms. The Balaban J connectivity index is 1.38. The first kappa shape index (κ1) is 24.9. The van der Waals surface area contributed by atoms with Gasteiger partial charge < -0.3 is 19.9 Å². The quantitative estimate of drug-likeness (QED) is 0.228. The highest BCUT2D eigenvalue weighted by molar-refractivity contribution is 6.31. The van der Waals surface area contributed by atoms with E-state index in [-0.39, 0.29) is 22.8 Å².